The van der Waals surface area contributed by atoms with E-state index in [2.05, 4.69) is 94.0 Å². The molecule has 1 heterocycles. The second kappa shape index (κ2) is 11.3. The van der Waals surface area contributed by atoms with Gasteiger partial charge in [-0.2, -0.15) is 0 Å². The number of nitrogens with zero attached hydrogens (tertiary/aromatic N) is 2. The number of anilines is 2. The van der Waals surface area contributed by atoms with Crippen LogP contribution in [0.25, 0.3) is 10.8 Å². The van der Waals surface area contributed by atoms with Crippen LogP contribution >= 0.6 is 0 Å². The summed E-state index contributed by atoms with van der Waals surface area (Å²) in [6.07, 6.45) is 0. The lowest BCUT2D eigenvalue weighted by Gasteiger charge is -2.42. The molecule has 5 nitrogen and oxygen atoms in total. The van der Waals surface area contributed by atoms with E-state index in [0.29, 0.717) is 22.2 Å². The van der Waals surface area contributed by atoms with E-state index in [9.17, 15) is 4.79 Å². The Bertz CT molecular complexity index is 1190. The minimum atomic E-state index is -2.03. The monoisotopic (exact) mass is 517 g/mol. The number of rotatable bonds is 8. The standard InChI is InChI=1S/C31H43N3O2Si/c1-22(2)37(23(3)4,24(5)6)36-28-15-12-26(13-16-28)31(35)32-27-14-11-25-9-8-10-30(29(25)21-27)34-19-17-33(7)18-20-34/h8-16,21-24H,17-20H2,1-7H3,(H,32,35). The van der Waals surface area contributed by atoms with Crippen LogP contribution in [0.2, 0.25) is 16.6 Å². The fourth-order valence-corrected chi connectivity index (χ4v) is 11.3. The zero-order chi connectivity index (χ0) is 26.7. The number of hydrogen-bond acceptors (Lipinski definition) is 4. The predicted octanol–water partition coefficient (Wildman–Crippen LogP) is 7.40. The normalized spacial score (nSPS) is 15.1. The first-order chi connectivity index (χ1) is 17.6. The lowest BCUT2D eigenvalue weighted by atomic mass is 10.1. The first-order valence-electron chi connectivity index (χ1n) is 13.7. The van der Waals surface area contributed by atoms with Crippen LogP contribution in [0.5, 0.6) is 5.75 Å². The van der Waals surface area contributed by atoms with Crippen LogP contribution in [0.15, 0.2) is 60.7 Å². The van der Waals surface area contributed by atoms with E-state index >= 15 is 0 Å². The first kappa shape index (κ1) is 27.2. The SMILES string of the molecule is CC(C)[Si](Oc1ccc(C(=O)Nc2ccc3cccc(N4CCN(C)CC4)c3c2)cc1)(C(C)C)C(C)C. The number of amides is 1. The summed E-state index contributed by atoms with van der Waals surface area (Å²) >= 11 is 0. The smallest absolute Gasteiger partial charge is 0.258 e. The molecule has 1 fully saturated rings. The van der Waals surface area contributed by atoms with Crippen LogP contribution in [0.3, 0.4) is 0 Å². The third kappa shape index (κ3) is 5.70. The van der Waals surface area contributed by atoms with Crippen molar-refractivity contribution < 1.29 is 9.22 Å². The molecule has 4 rings (SSSR count). The van der Waals surface area contributed by atoms with Gasteiger partial charge in [-0.05, 0) is 71.5 Å². The van der Waals surface area contributed by atoms with Gasteiger partial charge in [-0.1, -0.05) is 59.7 Å². The quantitative estimate of drug-likeness (QED) is 0.316. The Balaban J connectivity index is 1.51. The van der Waals surface area contributed by atoms with Crippen molar-refractivity contribution in [3.8, 4) is 5.75 Å². The molecule has 37 heavy (non-hydrogen) atoms. The van der Waals surface area contributed by atoms with Gasteiger partial charge in [0.05, 0.1) is 0 Å². The molecule has 1 saturated heterocycles. The minimum Gasteiger partial charge on any atom is -0.543 e. The molecule has 1 amide bonds. The van der Waals surface area contributed by atoms with Gasteiger partial charge < -0.3 is 19.5 Å². The molecule has 0 bridgehead atoms. The molecule has 3 aromatic carbocycles. The molecule has 0 spiro atoms. The molecule has 0 aromatic heterocycles. The van der Waals surface area contributed by atoms with Crippen LogP contribution in [0.4, 0.5) is 11.4 Å². The van der Waals surface area contributed by atoms with Crippen molar-refractivity contribution in [3.05, 3.63) is 66.2 Å². The number of piperazine rings is 1. The molecule has 1 aliphatic heterocycles. The molecule has 0 unspecified atom stereocenters. The van der Waals surface area contributed by atoms with Crippen LogP contribution in [-0.2, 0) is 0 Å². The summed E-state index contributed by atoms with van der Waals surface area (Å²) in [5, 5.41) is 5.47. The van der Waals surface area contributed by atoms with Crippen LogP contribution in [-0.4, -0.2) is 52.4 Å². The van der Waals surface area contributed by atoms with Crippen molar-refractivity contribution in [1.29, 1.82) is 0 Å². The largest absolute Gasteiger partial charge is 0.543 e. The van der Waals surface area contributed by atoms with E-state index in [0.717, 1.165) is 37.6 Å². The van der Waals surface area contributed by atoms with Gasteiger partial charge in [-0.3, -0.25) is 4.79 Å². The highest BCUT2D eigenvalue weighted by molar-refractivity contribution is 6.78. The van der Waals surface area contributed by atoms with Crippen molar-refractivity contribution in [3.63, 3.8) is 0 Å². The molecule has 6 heteroatoms. The van der Waals surface area contributed by atoms with Gasteiger partial charge in [0.2, 0.25) is 0 Å². The maximum absolute atomic E-state index is 13.1. The van der Waals surface area contributed by atoms with E-state index in [4.69, 9.17) is 4.43 Å². The maximum atomic E-state index is 13.1. The van der Waals surface area contributed by atoms with Gasteiger partial charge in [0.25, 0.3) is 14.2 Å². The second-order valence-electron chi connectivity index (χ2n) is 11.4. The van der Waals surface area contributed by atoms with Crippen LogP contribution in [0.1, 0.15) is 51.9 Å². The molecular formula is C31H43N3O2Si. The summed E-state index contributed by atoms with van der Waals surface area (Å²) in [4.78, 5) is 17.9. The average molecular weight is 518 g/mol. The molecule has 0 radical (unpaired) electrons. The number of carbonyl (C=O) groups excluding carboxylic acids is 1. The van der Waals surface area contributed by atoms with E-state index in [1.54, 1.807) is 0 Å². The second-order valence-corrected chi connectivity index (χ2v) is 16.8. The Hall–Kier alpha value is -2.83. The van der Waals surface area contributed by atoms with Gasteiger partial charge in [-0.15, -0.1) is 0 Å². The topological polar surface area (TPSA) is 44.8 Å². The summed E-state index contributed by atoms with van der Waals surface area (Å²) in [6, 6.07) is 20.3. The molecule has 0 atom stereocenters. The van der Waals surface area contributed by atoms with Crippen molar-refractivity contribution in [2.75, 3.05) is 43.4 Å². The van der Waals surface area contributed by atoms with Crippen molar-refractivity contribution >= 4 is 36.4 Å². The van der Waals surface area contributed by atoms with Crippen molar-refractivity contribution in [1.82, 2.24) is 4.90 Å². The Labute approximate surface area is 223 Å². The highest BCUT2D eigenvalue weighted by Crippen LogP contribution is 2.42. The zero-order valence-corrected chi connectivity index (χ0v) is 24.5. The highest BCUT2D eigenvalue weighted by Gasteiger charge is 2.46. The summed E-state index contributed by atoms with van der Waals surface area (Å²) in [5.41, 5.74) is 4.17. The Morgan fingerprint density at radius 1 is 0.838 bits per heavy atom. The highest BCUT2D eigenvalue weighted by atomic mass is 28.4. The number of benzene rings is 3. The summed E-state index contributed by atoms with van der Waals surface area (Å²) < 4.78 is 6.76. The van der Waals surface area contributed by atoms with E-state index < -0.39 is 8.32 Å². The van der Waals surface area contributed by atoms with Crippen LogP contribution in [0, 0.1) is 0 Å². The third-order valence-corrected chi connectivity index (χ3v) is 14.1. The van der Waals surface area contributed by atoms with Gasteiger partial charge in [0.1, 0.15) is 5.75 Å². The molecule has 1 N–H and O–H groups in total. The Morgan fingerprint density at radius 3 is 2.05 bits per heavy atom. The molecular weight excluding hydrogens is 474 g/mol. The summed E-state index contributed by atoms with van der Waals surface area (Å²) in [7, 11) is 0.140. The molecule has 0 saturated carbocycles. The van der Waals surface area contributed by atoms with Crippen LogP contribution < -0.4 is 14.6 Å². The predicted molar refractivity (Wildman–Crippen MR) is 160 cm³/mol. The van der Waals surface area contributed by atoms with Gasteiger partial charge in [-0.25, -0.2) is 0 Å². The fourth-order valence-electron chi connectivity index (χ4n) is 6.09. The Morgan fingerprint density at radius 2 is 1.46 bits per heavy atom. The maximum Gasteiger partial charge on any atom is 0.258 e. The molecule has 3 aromatic rings. The molecule has 1 aliphatic rings. The Kier molecular flexibility index (Phi) is 8.29. The zero-order valence-electron chi connectivity index (χ0n) is 23.5. The fraction of sp³-hybridized carbons (Fsp3) is 0.452. The summed E-state index contributed by atoms with van der Waals surface area (Å²) in [5.74, 6) is 0.755. The lowest BCUT2D eigenvalue weighted by Crippen LogP contribution is -2.50. The molecule has 198 valence electrons. The first-order valence-corrected chi connectivity index (χ1v) is 15.8. The number of carbonyl (C=O) groups is 1. The van der Waals surface area contributed by atoms with E-state index in [-0.39, 0.29) is 5.91 Å². The number of fused-ring (bicyclic) bond motifs is 1. The van der Waals surface area contributed by atoms with E-state index in [1.165, 1.54) is 16.5 Å². The molecule has 0 aliphatic carbocycles. The van der Waals surface area contributed by atoms with Gasteiger partial charge in [0, 0.05) is 48.5 Å². The number of likely N-dealkylation sites (N-methyl/N-ethyl adjacent to an activating group) is 1. The average Bonchev–Trinajstić information content (AvgIpc) is 2.87. The van der Waals surface area contributed by atoms with E-state index in [1.807, 2.05) is 30.3 Å². The lowest BCUT2D eigenvalue weighted by molar-refractivity contribution is 0.102. The summed E-state index contributed by atoms with van der Waals surface area (Å²) in [6.45, 7) is 17.8. The number of nitrogens with one attached hydrogen (secondary N) is 1. The van der Waals surface area contributed by atoms with Gasteiger partial charge >= 0.3 is 0 Å². The minimum absolute atomic E-state index is 0.108. The van der Waals surface area contributed by atoms with Gasteiger partial charge in [0.15, 0.2) is 0 Å². The van der Waals surface area contributed by atoms with Crippen molar-refractivity contribution in [2.45, 2.75) is 58.2 Å². The third-order valence-electron chi connectivity index (χ3n) is 8.08. The van der Waals surface area contributed by atoms with Crippen molar-refractivity contribution in [2.24, 2.45) is 0 Å². The number of hydrogen-bond donors (Lipinski definition) is 1.